The van der Waals surface area contributed by atoms with Crippen molar-refractivity contribution >= 4 is 10.9 Å². The summed E-state index contributed by atoms with van der Waals surface area (Å²) in [5.74, 6) is 1.58. The zero-order chi connectivity index (χ0) is 14.7. The van der Waals surface area contributed by atoms with Crippen LogP contribution in [0.3, 0.4) is 0 Å². The second-order valence-electron chi connectivity index (χ2n) is 4.80. The Hall–Kier alpha value is -2.42. The molecule has 0 saturated heterocycles. The van der Waals surface area contributed by atoms with Crippen molar-refractivity contribution in [1.82, 2.24) is 4.98 Å². The first-order chi connectivity index (χ1) is 10.3. The van der Waals surface area contributed by atoms with Gasteiger partial charge in [0.25, 0.3) is 0 Å². The van der Waals surface area contributed by atoms with Crippen LogP contribution in [0.1, 0.15) is 13.8 Å². The summed E-state index contributed by atoms with van der Waals surface area (Å²) in [4.78, 5) is 3.44. The predicted octanol–water partition coefficient (Wildman–Crippen LogP) is 4.63. The van der Waals surface area contributed by atoms with Crippen molar-refractivity contribution in [1.29, 1.82) is 0 Å². The van der Waals surface area contributed by atoms with Gasteiger partial charge in [0.2, 0.25) is 0 Å². The van der Waals surface area contributed by atoms with E-state index in [0.29, 0.717) is 13.2 Å². The maximum absolute atomic E-state index is 5.69. The first kappa shape index (κ1) is 13.6. The zero-order valence-corrected chi connectivity index (χ0v) is 12.3. The molecule has 0 aliphatic heterocycles. The number of fused-ring (bicyclic) bond motifs is 1. The van der Waals surface area contributed by atoms with Gasteiger partial charge in [-0.3, -0.25) is 0 Å². The first-order valence-corrected chi connectivity index (χ1v) is 7.29. The number of hydrogen-bond acceptors (Lipinski definition) is 2. The fourth-order valence-electron chi connectivity index (χ4n) is 2.45. The van der Waals surface area contributed by atoms with Crippen LogP contribution in [-0.2, 0) is 0 Å². The second-order valence-corrected chi connectivity index (χ2v) is 4.80. The maximum atomic E-state index is 5.69. The van der Waals surface area contributed by atoms with Crippen molar-refractivity contribution in [2.24, 2.45) is 0 Å². The van der Waals surface area contributed by atoms with E-state index in [1.54, 1.807) is 0 Å². The zero-order valence-electron chi connectivity index (χ0n) is 12.3. The third-order valence-corrected chi connectivity index (χ3v) is 3.38. The standard InChI is InChI=1S/C18H19NO2/c1-3-20-17-10-9-14(12-18(17)21-4-2)16-11-13-7-5-6-8-15(13)19-16/h5-12,19H,3-4H2,1-2H3. The van der Waals surface area contributed by atoms with E-state index in [1.807, 2.05) is 38.1 Å². The van der Waals surface area contributed by atoms with E-state index in [0.717, 1.165) is 28.3 Å². The van der Waals surface area contributed by atoms with Gasteiger partial charge in [-0.2, -0.15) is 0 Å². The normalized spacial score (nSPS) is 10.8. The molecule has 0 saturated carbocycles. The summed E-state index contributed by atoms with van der Waals surface area (Å²) in [5, 5.41) is 1.21. The number of aromatic amines is 1. The third-order valence-electron chi connectivity index (χ3n) is 3.38. The third kappa shape index (κ3) is 2.72. The fourth-order valence-corrected chi connectivity index (χ4v) is 2.45. The Morgan fingerprint density at radius 2 is 1.62 bits per heavy atom. The minimum Gasteiger partial charge on any atom is -0.490 e. The van der Waals surface area contributed by atoms with Gasteiger partial charge in [0.05, 0.1) is 13.2 Å². The first-order valence-electron chi connectivity index (χ1n) is 7.29. The van der Waals surface area contributed by atoms with Crippen molar-refractivity contribution in [2.75, 3.05) is 13.2 Å². The van der Waals surface area contributed by atoms with Gasteiger partial charge in [-0.1, -0.05) is 18.2 Å². The Morgan fingerprint density at radius 3 is 2.38 bits per heavy atom. The lowest BCUT2D eigenvalue weighted by Gasteiger charge is -2.11. The number of para-hydroxylation sites is 1. The highest BCUT2D eigenvalue weighted by Crippen LogP contribution is 2.33. The average Bonchev–Trinajstić information content (AvgIpc) is 2.93. The largest absolute Gasteiger partial charge is 0.490 e. The molecule has 0 aliphatic carbocycles. The molecule has 3 rings (SSSR count). The van der Waals surface area contributed by atoms with E-state index in [-0.39, 0.29) is 0 Å². The van der Waals surface area contributed by atoms with Crippen molar-refractivity contribution in [2.45, 2.75) is 13.8 Å². The van der Waals surface area contributed by atoms with Gasteiger partial charge < -0.3 is 14.5 Å². The van der Waals surface area contributed by atoms with Crippen LogP contribution in [0.4, 0.5) is 0 Å². The minimum atomic E-state index is 0.621. The summed E-state index contributed by atoms with van der Waals surface area (Å²) in [7, 11) is 0. The number of benzene rings is 2. The Balaban J connectivity index is 2.03. The van der Waals surface area contributed by atoms with Crippen LogP contribution in [0.25, 0.3) is 22.2 Å². The van der Waals surface area contributed by atoms with Crippen LogP contribution in [-0.4, -0.2) is 18.2 Å². The van der Waals surface area contributed by atoms with Crippen LogP contribution < -0.4 is 9.47 Å². The molecule has 3 nitrogen and oxygen atoms in total. The quantitative estimate of drug-likeness (QED) is 0.739. The van der Waals surface area contributed by atoms with Gasteiger partial charge in [0.1, 0.15) is 0 Å². The Bertz CT molecular complexity index is 713. The number of aromatic nitrogens is 1. The Labute approximate surface area is 124 Å². The van der Waals surface area contributed by atoms with E-state index in [9.17, 15) is 0 Å². The molecule has 0 unspecified atom stereocenters. The van der Waals surface area contributed by atoms with Crippen LogP contribution in [0, 0.1) is 0 Å². The van der Waals surface area contributed by atoms with Gasteiger partial charge >= 0.3 is 0 Å². The van der Waals surface area contributed by atoms with E-state index in [4.69, 9.17) is 9.47 Å². The molecule has 0 atom stereocenters. The molecular weight excluding hydrogens is 262 g/mol. The molecule has 0 radical (unpaired) electrons. The molecule has 0 bridgehead atoms. The topological polar surface area (TPSA) is 34.2 Å². The second kappa shape index (κ2) is 5.92. The van der Waals surface area contributed by atoms with E-state index in [1.165, 1.54) is 5.39 Å². The van der Waals surface area contributed by atoms with Gasteiger partial charge in [-0.05, 0) is 44.2 Å². The highest BCUT2D eigenvalue weighted by molar-refractivity contribution is 5.86. The average molecular weight is 281 g/mol. The molecule has 0 amide bonds. The molecular formula is C18H19NO2. The summed E-state index contributed by atoms with van der Waals surface area (Å²) in [6.07, 6.45) is 0. The van der Waals surface area contributed by atoms with Crippen LogP contribution in [0.15, 0.2) is 48.5 Å². The molecule has 0 aliphatic rings. The molecule has 3 heteroatoms. The highest BCUT2D eigenvalue weighted by Gasteiger charge is 2.09. The van der Waals surface area contributed by atoms with Gasteiger partial charge in [-0.15, -0.1) is 0 Å². The number of hydrogen-bond donors (Lipinski definition) is 1. The summed E-state index contributed by atoms with van der Waals surface area (Å²) < 4.78 is 11.3. The monoisotopic (exact) mass is 281 g/mol. The summed E-state index contributed by atoms with van der Waals surface area (Å²) in [5.41, 5.74) is 3.32. The van der Waals surface area contributed by atoms with E-state index >= 15 is 0 Å². The molecule has 1 aromatic heterocycles. The molecule has 0 fully saturated rings. The van der Waals surface area contributed by atoms with Crippen molar-refractivity contribution in [3.63, 3.8) is 0 Å². The van der Waals surface area contributed by atoms with Gasteiger partial charge in [-0.25, -0.2) is 0 Å². The lowest BCUT2D eigenvalue weighted by molar-refractivity contribution is 0.288. The van der Waals surface area contributed by atoms with Crippen molar-refractivity contribution in [3.05, 3.63) is 48.5 Å². The Kier molecular flexibility index (Phi) is 3.82. The Morgan fingerprint density at radius 1 is 0.857 bits per heavy atom. The number of ether oxygens (including phenoxy) is 2. The lowest BCUT2D eigenvalue weighted by Crippen LogP contribution is -1.98. The SMILES string of the molecule is CCOc1ccc(-c2cc3ccccc3[nH]2)cc1OCC. The predicted molar refractivity (Wildman–Crippen MR) is 86.1 cm³/mol. The molecule has 21 heavy (non-hydrogen) atoms. The van der Waals surface area contributed by atoms with Crippen LogP contribution >= 0.6 is 0 Å². The maximum Gasteiger partial charge on any atom is 0.161 e. The summed E-state index contributed by atoms with van der Waals surface area (Å²) in [6.45, 7) is 5.20. The van der Waals surface area contributed by atoms with Crippen molar-refractivity contribution in [3.8, 4) is 22.8 Å². The van der Waals surface area contributed by atoms with E-state index in [2.05, 4.69) is 29.2 Å². The van der Waals surface area contributed by atoms with Crippen molar-refractivity contribution < 1.29 is 9.47 Å². The highest BCUT2D eigenvalue weighted by atomic mass is 16.5. The van der Waals surface area contributed by atoms with Crippen LogP contribution in [0.5, 0.6) is 11.5 Å². The lowest BCUT2D eigenvalue weighted by atomic mass is 10.1. The number of rotatable bonds is 5. The molecule has 108 valence electrons. The minimum absolute atomic E-state index is 0.621. The van der Waals surface area contributed by atoms with E-state index < -0.39 is 0 Å². The summed E-state index contributed by atoms with van der Waals surface area (Å²) in [6, 6.07) is 16.5. The number of nitrogens with one attached hydrogen (secondary N) is 1. The van der Waals surface area contributed by atoms with Crippen LogP contribution in [0.2, 0.25) is 0 Å². The smallest absolute Gasteiger partial charge is 0.161 e. The fraction of sp³-hybridized carbons (Fsp3) is 0.222. The molecule has 1 heterocycles. The van der Waals surface area contributed by atoms with Gasteiger partial charge in [0, 0.05) is 22.2 Å². The molecule has 2 aromatic carbocycles. The number of H-pyrrole nitrogens is 1. The van der Waals surface area contributed by atoms with Gasteiger partial charge in [0.15, 0.2) is 11.5 Å². The molecule has 3 aromatic rings. The molecule has 0 spiro atoms. The molecule has 1 N–H and O–H groups in total. The summed E-state index contributed by atoms with van der Waals surface area (Å²) >= 11 is 0.